The van der Waals surface area contributed by atoms with E-state index in [4.69, 9.17) is 0 Å². The summed E-state index contributed by atoms with van der Waals surface area (Å²) in [6.07, 6.45) is 12.8. The van der Waals surface area contributed by atoms with Crippen LogP contribution in [0.4, 0.5) is 0 Å². The molecule has 0 amide bonds. The van der Waals surface area contributed by atoms with Crippen molar-refractivity contribution in [2.45, 2.75) is 78.1 Å². The van der Waals surface area contributed by atoms with E-state index in [2.05, 4.69) is 82.1 Å². The summed E-state index contributed by atoms with van der Waals surface area (Å²) in [5, 5.41) is 2.81. The highest BCUT2D eigenvalue weighted by Crippen LogP contribution is 2.51. The van der Waals surface area contributed by atoms with E-state index in [1.165, 1.54) is 113 Å². The number of aryl methyl sites for hydroxylation is 2. The van der Waals surface area contributed by atoms with E-state index in [-0.39, 0.29) is 0 Å². The van der Waals surface area contributed by atoms with Gasteiger partial charge in [0.05, 0.1) is 17.3 Å². The normalized spacial score (nSPS) is 11.6. The molecule has 0 saturated heterocycles. The highest BCUT2D eigenvalue weighted by atomic mass is 79.9. The lowest BCUT2D eigenvalue weighted by Gasteiger charge is -2.03. The fraction of sp³-hybridized carbons (Fsp3) is 0.429. The topological polar surface area (TPSA) is 0 Å². The predicted molar refractivity (Wildman–Crippen MR) is 160 cm³/mol. The van der Waals surface area contributed by atoms with E-state index in [9.17, 15) is 0 Å². The van der Waals surface area contributed by atoms with Gasteiger partial charge < -0.3 is 0 Å². The zero-order valence-electron chi connectivity index (χ0n) is 19.5. The zero-order chi connectivity index (χ0) is 23.2. The first-order valence-corrected chi connectivity index (χ1v) is 16.2. The molecule has 0 fully saturated rings. The van der Waals surface area contributed by atoms with Gasteiger partial charge in [0.15, 0.2) is 0 Å². The van der Waals surface area contributed by atoms with Crippen LogP contribution in [0.5, 0.6) is 0 Å². The van der Waals surface area contributed by atoms with E-state index in [1.54, 1.807) is 0 Å². The summed E-state index contributed by atoms with van der Waals surface area (Å²) in [5.41, 5.74) is 3.02. The van der Waals surface area contributed by atoms with Gasteiger partial charge in [-0.1, -0.05) is 76.6 Å². The predicted octanol–water partition coefficient (Wildman–Crippen LogP) is 12.1. The van der Waals surface area contributed by atoms with Gasteiger partial charge in [-0.2, -0.15) is 0 Å². The maximum atomic E-state index is 3.79. The van der Waals surface area contributed by atoms with Gasteiger partial charge in [-0.15, -0.1) is 34.0 Å². The van der Waals surface area contributed by atoms with Crippen molar-refractivity contribution in [3.63, 3.8) is 0 Å². The lowest BCUT2D eigenvalue weighted by molar-refractivity contribution is 0.668. The SMILES string of the molecule is CCCCCCc1cc(Br)sc1-c1sc(-c2sc(Br)cc2CCCCCC)c2ccccc12. The molecular formula is C28H32Br2S3. The second-order valence-electron chi connectivity index (χ2n) is 8.74. The molecule has 0 spiro atoms. The Hall–Kier alpha value is -0.460. The standard InChI is InChI=1S/C28H32Br2S3/c1-3-5-7-9-13-19-17-23(29)31-25(19)27-21-15-11-12-16-22(21)28(33-27)26-20(18-24(30)32-26)14-10-8-6-4-2/h11-12,15-18H,3-10,13-14H2,1-2H3. The molecule has 4 rings (SSSR count). The second kappa shape index (κ2) is 12.5. The summed E-state index contributed by atoms with van der Waals surface area (Å²) in [6.45, 7) is 4.57. The van der Waals surface area contributed by atoms with Crippen molar-refractivity contribution >= 4 is 76.6 Å². The van der Waals surface area contributed by atoms with Gasteiger partial charge in [0.2, 0.25) is 0 Å². The number of fused-ring (bicyclic) bond motifs is 1. The van der Waals surface area contributed by atoms with Gasteiger partial charge >= 0.3 is 0 Å². The summed E-state index contributed by atoms with van der Waals surface area (Å²) in [7, 11) is 0. The van der Waals surface area contributed by atoms with Crippen LogP contribution < -0.4 is 0 Å². The molecule has 0 unspecified atom stereocenters. The van der Waals surface area contributed by atoms with Crippen LogP contribution in [0.25, 0.3) is 30.3 Å². The first kappa shape index (κ1) is 25.6. The quantitative estimate of drug-likeness (QED) is 0.138. The van der Waals surface area contributed by atoms with Crippen molar-refractivity contribution in [1.82, 2.24) is 0 Å². The largest absolute Gasteiger partial charge is 0.132 e. The van der Waals surface area contributed by atoms with Crippen LogP contribution in [0.3, 0.4) is 0 Å². The van der Waals surface area contributed by atoms with E-state index >= 15 is 0 Å². The molecule has 0 bridgehead atoms. The minimum Gasteiger partial charge on any atom is -0.132 e. The van der Waals surface area contributed by atoms with Crippen LogP contribution in [-0.2, 0) is 12.8 Å². The third kappa shape index (κ3) is 6.22. The Morgan fingerprint density at radius 2 is 1.03 bits per heavy atom. The van der Waals surface area contributed by atoms with Gasteiger partial charge in [0.25, 0.3) is 0 Å². The van der Waals surface area contributed by atoms with Crippen LogP contribution in [0.1, 0.15) is 76.3 Å². The Kier molecular flexibility index (Phi) is 9.70. The Balaban J connectivity index is 1.73. The molecule has 0 saturated carbocycles. The van der Waals surface area contributed by atoms with Crippen LogP contribution in [-0.4, -0.2) is 0 Å². The zero-order valence-corrected chi connectivity index (χ0v) is 25.1. The first-order valence-electron chi connectivity index (χ1n) is 12.2. The molecule has 0 nitrogen and oxygen atoms in total. The fourth-order valence-corrected chi connectivity index (χ4v) is 9.49. The van der Waals surface area contributed by atoms with Crippen molar-refractivity contribution in [3.8, 4) is 19.5 Å². The molecule has 176 valence electrons. The summed E-state index contributed by atoms with van der Waals surface area (Å²) in [6, 6.07) is 13.8. The number of thiophene rings is 3. The van der Waals surface area contributed by atoms with E-state index in [0.717, 1.165) is 0 Å². The lowest BCUT2D eigenvalue weighted by Crippen LogP contribution is -1.85. The molecule has 0 atom stereocenters. The van der Waals surface area contributed by atoms with E-state index in [1.807, 2.05) is 34.0 Å². The molecular weight excluding hydrogens is 592 g/mol. The number of benzene rings is 1. The third-order valence-electron chi connectivity index (χ3n) is 6.19. The summed E-state index contributed by atoms with van der Waals surface area (Å²) < 4.78 is 2.50. The Bertz CT molecular complexity index is 1090. The fourth-order valence-electron chi connectivity index (χ4n) is 4.46. The van der Waals surface area contributed by atoms with Gasteiger partial charge in [-0.05, 0) is 80.8 Å². The van der Waals surface area contributed by atoms with Gasteiger partial charge in [-0.25, -0.2) is 0 Å². The molecule has 0 N–H and O–H groups in total. The first-order chi connectivity index (χ1) is 16.1. The molecule has 4 aromatic rings. The van der Waals surface area contributed by atoms with Crippen molar-refractivity contribution in [1.29, 1.82) is 0 Å². The van der Waals surface area contributed by atoms with Crippen molar-refractivity contribution < 1.29 is 0 Å². The average molecular weight is 625 g/mol. The molecule has 5 heteroatoms. The Morgan fingerprint density at radius 1 is 0.576 bits per heavy atom. The molecule has 0 radical (unpaired) electrons. The number of hydrogen-bond donors (Lipinski definition) is 0. The van der Waals surface area contributed by atoms with E-state index in [0.29, 0.717) is 0 Å². The molecule has 3 aromatic heterocycles. The smallest absolute Gasteiger partial charge is 0.0708 e. The number of hydrogen-bond acceptors (Lipinski definition) is 3. The maximum Gasteiger partial charge on any atom is 0.0708 e. The minimum atomic E-state index is 1.17. The van der Waals surface area contributed by atoms with Gasteiger partial charge in [0.1, 0.15) is 0 Å². The number of unbranched alkanes of at least 4 members (excludes halogenated alkanes) is 6. The van der Waals surface area contributed by atoms with Crippen LogP contribution in [0, 0.1) is 0 Å². The summed E-state index contributed by atoms with van der Waals surface area (Å²) in [5.74, 6) is 0. The van der Waals surface area contributed by atoms with Crippen LogP contribution in [0.2, 0.25) is 0 Å². The van der Waals surface area contributed by atoms with Gasteiger partial charge in [0, 0.05) is 20.5 Å². The average Bonchev–Trinajstić information content (AvgIpc) is 3.48. The van der Waals surface area contributed by atoms with Crippen LogP contribution >= 0.6 is 65.9 Å². The number of rotatable bonds is 12. The van der Waals surface area contributed by atoms with Crippen molar-refractivity contribution in [3.05, 3.63) is 55.1 Å². The van der Waals surface area contributed by atoms with Crippen LogP contribution in [0.15, 0.2) is 44.0 Å². The highest BCUT2D eigenvalue weighted by Gasteiger charge is 2.21. The molecule has 3 heterocycles. The summed E-state index contributed by atoms with van der Waals surface area (Å²) >= 11 is 13.4. The summed E-state index contributed by atoms with van der Waals surface area (Å²) in [4.78, 5) is 5.82. The third-order valence-corrected chi connectivity index (χ3v) is 11.1. The van der Waals surface area contributed by atoms with Crippen molar-refractivity contribution in [2.24, 2.45) is 0 Å². The molecule has 0 aliphatic rings. The Labute approximate surface area is 227 Å². The molecule has 33 heavy (non-hydrogen) atoms. The minimum absolute atomic E-state index is 1.17. The lowest BCUT2D eigenvalue weighted by atomic mass is 10.0. The molecule has 0 aliphatic carbocycles. The van der Waals surface area contributed by atoms with E-state index < -0.39 is 0 Å². The van der Waals surface area contributed by atoms with Gasteiger partial charge in [-0.3, -0.25) is 0 Å². The van der Waals surface area contributed by atoms with Crippen molar-refractivity contribution in [2.75, 3.05) is 0 Å². The second-order valence-corrected chi connectivity index (χ2v) is 14.6. The molecule has 0 aliphatic heterocycles. The monoisotopic (exact) mass is 622 g/mol. The highest BCUT2D eigenvalue weighted by molar-refractivity contribution is 9.11. The molecule has 1 aromatic carbocycles. The Morgan fingerprint density at radius 3 is 1.45 bits per heavy atom. The number of halogens is 2. The maximum absolute atomic E-state index is 3.79.